The van der Waals surface area contributed by atoms with Gasteiger partial charge in [-0.3, -0.25) is 24.2 Å². The van der Waals surface area contributed by atoms with Crippen LogP contribution in [0.1, 0.15) is 82.4 Å². The number of amides is 2. The highest BCUT2D eigenvalue weighted by Crippen LogP contribution is 2.35. The van der Waals surface area contributed by atoms with Gasteiger partial charge in [-0.05, 0) is 54.2 Å². The molecular formula is C32H42ClFN2O6. The fourth-order valence-corrected chi connectivity index (χ4v) is 5.75. The molecular weight excluding hydrogens is 563 g/mol. The molecule has 2 aliphatic rings. The van der Waals surface area contributed by atoms with Crippen LogP contribution in [0.25, 0.3) is 0 Å². The van der Waals surface area contributed by atoms with Gasteiger partial charge in [0.15, 0.2) is 11.5 Å². The van der Waals surface area contributed by atoms with Crippen LogP contribution in [0.15, 0.2) is 36.4 Å². The van der Waals surface area contributed by atoms with Crippen LogP contribution >= 0.6 is 11.6 Å². The van der Waals surface area contributed by atoms with Gasteiger partial charge in [-0.1, -0.05) is 56.8 Å². The third-order valence-corrected chi connectivity index (χ3v) is 8.00. The van der Waals surface area contributed by atoms with Crippen molar-refractivity contribution in [2.24, 2.45) is 5.92 Å². The predicted molar refractivity (Wildman–Crippen MR) is 159 cm³/mol. The van der Waals surface area contributed by atoms with Gasteiger partial charge in [0.1, 0.15) is 12.4 Å². The first kappa shape index (κ1) is 33.3. The maximum absolute atomic E-state index is 14.4. The smallest absolute Gasteiger partial charge is 0.305 e. The Bertz CT molecular complexity index is 1200. The fraction of sp³-hybridized carbons (Fsp3) is 0.531. The van der Waals surface area contributed by atoms with E-state index in [2.05, 4.69) is 4.90 Å². The number of carbonyl (C=O) groups is 3. The molecule has 10 heteroatoms. The molecule has 1 aliphatic heterocycles. The lowest BCUT2D eigenvalue weighted by Gasteiger charge is -2.35. The molecule has 0 aromatic heterocycles. The summed E-state index contributed by atoms with van der Waals surface area (Å²) in [6.45, 7) is 5.42. The highest BCUT2D eigenvalue weighted by atomic mass is 35.5. The SMILES string of the molecule is CC.COc1cc(CN(CC2CCCCC2)C(CC(=O)O)c2ccc(Cl)c(F)c2)ccc1OCCN1C(=O)CCC1=O. The number of ether oxygens (including phenoxy) is 2. The maximum atomic E-state index is 14.4. The molecule has 0 radical (unpaired) electrons. The number of carboxylic acids is 1. The van der Waals surface area contributed by atoms with Crippen LogP contribution in [0.4, 0.5) is 4.39 Å². The van der Waals surface area contributed by atoms with Gasteiger partial charge in [0, 0.05) is 32.0 Å². The Morgan fingerprint density at radius 3 is 2.38 bits per heavy atom. The molecule has 1 saturated carbocycles. The molecule has 1 saturated heterocycles. The Hall–Kier alpha value is -3.17. The second kappa shape index (κ2) is 16.5. The summed E-state index contributed by atoms with van der Waals surface area (Å²) in [5.41, 5.74) is 1.45. The van der Waals surface area contributed by atoms with Crippen LogP contribution in [0.5, 0.6) is 11.5 Å². The minimum Gasteiger partial charge on any atom is -0.493 e. The number of nitrogens with zero attached hydrogens (tertiary/aromatic N) is 2. The number of hydrogen-bond donors (Lipinski definition) is 1. The average Bonchev–Trinajstić information content (AvgIpc) is 3.31. The average molecular weight is 605 g/mol. The Morgan fingerprint density at radius 2 is 1.76 bits per heavy atom. The Kier molecular flexibility index (Phi) is 13.1. The third-order valence-electron chi connectivity index (χ3n) is 7.70. The van der Waals surface area contributed by atoms with Crippen LogP contribution in [-0.4, -0.2) is 59.5 Å². The van der Waals surface area contributed by atoms with Gasteiger partial charge < -0.3 is 14.6 Å². The molecule has 2 fully saturated rings. The Balaban J connectivity index is 0.00000237. The number of imide groups is 1. The lowest BCUT2D eigenvalue weighted by molar-refractivity contribution is -0.140. The summed E-state index contributed by atoms with van der Waals surface area (Å²) >= 11 is 5.92. The number of halogens is 2. The van der Waals surface area contributed by atoms with Crippen molar-refractivity contribution >= 4 is 29.4 Å². The van der Waals surface area contributed by atoms with E-state index < -0.39 is 17.8 Å². The predicted octanol–water partition coefficient (Wildman–Crippen LogP) is 6.64. The lowest BCUT2D eigenvalue weighted by atomic mass is 9.88. The molecule has 4 rings (SSSR count). The van der Waals surface area contributed by atoms with Crippen LogP contribution < -0.4 is 9.47 Å². The standard InChI is InChI=1S/C30H36ClFN2O6.C2H6/c1-39-27-15-21(7-10-26(27)40-14-13-34-28(35)11-12-29(34)36)19-33(18-20-5-3-2-4-6-20)25(17-30(37)38)22-8-9-23(31)24(32)16-22;1-2/h7-10,15-16,20,25H,2-6,11-14,17-19H2,1H3,(H,37,38);1-2H3. The number of methoxy groups -OCH3 is 1. The molecule has 2 amide bonds. The van der Waals surface area contributed by atoms with E-state index in [1.165, 1.54) is 30.6 Å². The number of carbonyl (C=O) groups excluding carboxylic acids is 2. The highest BCUT2D eigenvalue weighted by Gasteiger charge is 2.29. The van der Waals surface area contributed by atoms with Crippen molar-refractivity contribution in [3.8, 4) is 11.5 Å². The normalized spacial score (nSPS) is 16.3. The zero-order chi connectivity index (χ0) is 30.6. The van der Waals surface area contributed by atoms with Crippen LogP contribution in [0.2, 0.25) is 5.02 Å². The second-order valence-electron chi connectivity index (χ2n) is 10.5. The number of hydrogen-bond acceptors (Lipinski definition) is 6. The van der Waals surface area contributed by atoms with Crippen molar-refractivity contribution in [1.29, 1.82) is 0 Å². The maximum Gasteiger partial charge on any atom is 0.305 e. The quantitative estimate of drug-likeness (QED) is 0.256. The summed E-state index contributed by atoms with van der Waals surface area (Å²) in [7, 11) is 1.53. The summed E-state index contributed by atoms with van der Waals surface area (Å²) in [5.74, 6) is -0.538. The molecule has 230 valence electrons. The number of carboxylic acid groups (broad SMARTS) is 1. The minimum absolute atomic E-state index is 0.00422. The zero-order valence-corrected chi connectivity index (χ0v) is 25.5. The van der Waals surface area contributed by atoms with E-state index in [0.29, 0.717) is 36.1 Å². The molecule has 1 N–H and O–H groups in total. The number of benzene rings is 2. The first-order chi connectivity index (χ1) is 20.2. The summed E-state index contributed by atoms with van der Waals surface area (Å²) < 4.78 is 25.9. The molecule has 1 atom stereocenters. The Labute approximate surface area is 252 Å². The molecule has 42 heavy (non-hydrogen) atoms. The minimum atomic E-state index is -0.967. The first-order valence-corrected chi connectivity index (χ1v) is 15.2. The number of rotatable bonds is 13. The third kappa shape index (κ3) is 9.16. The first-order valence-electron chi connectivity index (χ1n) is 14.8. The van der Waals surface area contributed by atoms with Crippen molar-refractivity contribution in [2.75, 3.05) is 26.8 Å². The van der Waals surface area contributed by atoms with Crippen molar-refractivity contribution in [2.45, 2.75) is 77.8 Å². The van der Waals surface area contributed by atoms with Crippen LogP contribution in [0, 0.1) is 11.7 Å². The summed E-state index contributed by atoms with van der Waals surface area (Å²) in [6, 6.07) is 9.45. The molecule has 0 bridgehead atoms. The van der Waals surface area contributed by atoms with E-state index >= 15 is 0 Å². The van der Waals surface area contributed by atoms with Gasteiger partial charge in [0.2, 0.25) is 11.8 Å². The van der Waals surface area contributed by atoms with Gasteiger partial charge in [-0.2, -0.15) is 0 Å². The number of likely N-dealkylation sites (tertiary alicyclic amines) is 1. The molecule has 1 heterocycles. The zero-order valence-electron chi connectivity index (χ0n) is 24.7. The molecule has 0 spiro atoms. The van der Waals surface area contributed by atoms with E-state index in [1.54, 1.807) is 12.1 Å². The van der Waals surface area contributed by atoms with Gasteiger partial charge in [0.05, 0.1) is 25.1 Å². The van der Waals surface area contributed by atoms with Crippen molar-refractivity contribution in [1.82, 2.24) is 9.80 Å². The lowest BCUT2D eigenvalue weighted by Crippen LogP contribution is -2.35. The van der Waals surface area contributed by atoms with E-state index in [-0.39, 0.29) is 49.3 Å². The fourth-order valence-electron chi connectivity index (χ4n) is 5.63. The molecule has 1 aliphatic carbocycles. The van der Waals surface area contributed by atoms with Crippen LogP contribution in [0.3, 0.4) is 0 Å². The van der Waals surface area contributed by atoms with Crippen molar-refractivity contribution < 1.29 is 33.4 Å². The van der Waals surface area contributed by atoms with E-state index in [4.69, 9.17) is 21.1 Å². The van der Waals surface area contributed by atoms with Crippen LogP contribution in [-0.2, 0) is 20.9 Å². The summed E-state index contributed by atoms with van der Waals surface area (Å²) in [6.07, 6.45) is 5.93. The Morgan fingerprint density at radius 1 is 1.07 bits per heavy atom. The van der Waals surface area contributed by atoms with Gasteiger partial charge in [-0.15, -0.1) is 0 Å². The van der Waals surface area contributed by atoms with E-state index in [1.807, 2.05) is 26.0 Å². The molecule has 1 unspecified atom stereocenters. The van der Waals surface area contributed by atoms with Crippen molar-refractivity contribution in [3.05, 3.63) is 58.4 Å². The summed E-state index contributed by atoms with van der Waals surface area (Å²) in [5, 5.41) is 9.77. The molecule has 8 nitrogen and oxygen atoms in total. The number of aliphatic carboxylic acids is 1. The van der Waals surface area contributed by atoms with Gasteiger partial charge in [0.25, 0.3) is 0 Å². The summed E-state index contributed by atoms with van der Waals surface area (Å²) in [4.78, 5) is 39.0. The van der Waals surface area contributed by atoms with Crippen molar-refractivity contribution in [3.63, 3.8) is 0 Å². The van der Waals surface area contributed by atoms with E-state index in [9.17, 15) is 23.9 Å². The second-order valence-corrected chi connectivity index (χ2v) is 10.9. The largest absolute Gasteiger partial charge is 0.493 e. The highest BCUT2D eigenvalue weighted by molar-refractivity contribution is 6.30. The molecule has 2 aromatic rings. The van der Waals surface area contributed by atoms with Gasteiger partial charge in [-0.25, -0.2) is 4.39 Å². The topological polar surface area (TPSA) is 96.4 Å². The van der Waals surface area contributed by atoms with E-state index in [0.717, 1.165) is 31.2 Å². The van der Waals surface area contributed by atoms with Gasteiger partial charge >= 0.3 is 5.97 Å². The molecule has 2 aromatic carbocycles. The monoisotopic (exact) mass is 604 g/mol.